The van der Waals surface area contributed by atoms with Gasteiger partial charge in [-0.25, -0.2) is 14.8 Å². The van der Waals surface area contributed by atoms with E-state index in [1.807, 2.05) is 4.90 Å². The lowest BCUT2D eigenvalue weighted by molar-refractivity contribution is -0.138. The van der Waals surface area contributed by atoms with Gasteiger partial charge in [-0.05, 0) is 18.6 Å². The number of benzene rings is 1. The first-order valence-corrected chi connectivity index (χ1v) is 11.3. The Bertz CT molecular complexity index is 961. The lowest BCUT2D eigenvalue weighted by Crippen LogP contribution is -2.49. The van der Waals surface area contributed by atoms with Gasteiger partial charge >= 0.3 is 18.3 Å². The molecule has 1 saturated heterocycles. The first-order chi connectivity index (χ1) is 16.3. The summed E-state index contributed by atoms with van der Waals surface area (Å²) in [5, 5.41) is 2.65. The Morgan fingerprint density at radius 3 is 2.35 bits per heavy atom. The number of nitrogens with one attached hydrogen (secondary N) is 1. The van der Waals surface area contributed by atoms with Crippen LogP contribution >= 0.6 is 0 Å². The van der Waals surface area contributed by atoms with Gasteiger partial charge in [0.25, 0.3) is 5.91 Å². The van der Waals surface area contributed by atoms with E-state index < -0.39 is 23.7 Å². The molecular weight excluding hydrogens is 451 g/mol. The van der Waals surface area contributed by atoms with Gasteiger partial charge in [-0.1, -0.05) is 38.3 Å². The molecule has 1 aliphatic rings. The van der Waals surface area contributed by atoms with Gasteiger partial charge in [-0.3, -0.25) is 4.79 Å². The van der Waals surface area contributed by atoms with E-state index in [0.29, 0.717) is 25.3 Å². The van der Waals surface area contributed by atoms with Crippen LogP contribution in [-0.4, -0.2) is 59.6 Å². The molecule has 2 aromatic rings. The van der Waals surface area contributed by atoms with Crippen LogP contribution in [0, 0.1) is 0 Å². The van der Waals surface area contributed by atoms with E-state index in [4.69, 9.17) is 4.74 Å². The second-order valence-electron chi connectivity index (χ2n) is 7.92. The standard InChI is InChI=1S/C23H28F3N5O3/c1-2-3-4-7-10-27-22(33)34-21-28-15-17(16-29-21)30-11-13-31(14-12-30)20(32)18-8-5-6-9-19(18)23(24,25)26/h5-6,8-9,15-16H,2-4,7,10-14H2,1H3,(H,27,33). The number of aromatic nitrogens is 2. The van der Waals surface area contributed by atoms with Crippen LogP contribution in [0.4, 0.5) is 23.7 Å². The molecule has 0 spiro atoms. The lowest BCUT2D eigenvalue weighted by Gasteiger charge is -2.36. The van der Waals surface area contributed by atoms with E-state index in [1.54, 1.807) is 0 Å². The molecule has 0 atom stereocenters. The fraction of sp³-hybridized carbons (Fsp3) is 0.478. The molecule has 11 heteroatoms. The highest BCUT2D eigenvalue weighted by Crippen LogP contribution is 2.32. The molecular formula is C23H28F3N5O3. The van der Waals surface area contributed by atoms with Crippen LogP contribution in [-0.2, 0) is 6.18 Å². The number of ether oxygens (including phenoxy) is 1. The topological polar surface area (TPSA) is 87.7 Å². The zero-order chi connectivity index (χ0) is 24.6. The lowest BCUT2D eigenvalue weighted by atomic mass is 10.1. The highest BCUT2D eigenvalue weighted by molar-refractivity contribution is 5.96. The molecule has 0 bridgehead atoms. The number of nitrogens with zero attached hydrogens (tertiary/aromatic N) is 4. The highest BCUT2D eigenvalue weighted by Gasteiger charge is 2.36. The number of anilines is 1. The molecule has 1 N–H and O–H groups in total. The number of piperazine rings is 1. The van der Waals surface area contributed by atoms with E-state index in [9.17, 15) is 22.8 Å². The molecule has 2 amide bonds. The third kappa shape index (κ3) is 6.82. The summed E-state index contributed by atoms with van der Waals surface area (Å²) in [6.07, 6.45) is 1.94. The summed E-state index contributed by atoms with van der Waals surface area (Å²) in [5.41, 5.74) is -0.622. The van der Waals surface area contributed by atoms with Crippen LogP contribution in [0.25, 0.3) is 0 Å². The Morgan fingerprint density at radius 1 is 1.03 bits per heavy atom. The summed E-state index contributed by atoms with van der Waals surface area (Å²) in [5.74, 6) is -0.645. The molecule has 1 aromatic heterocycles. The monoisotopic (exact) mass is 479 g/mol. The average Bonchev–Trinajstić information content (AvgIpc) is 2.83. The van der Waals surface area contributed by atoms with Crippen molar-refractivity contribution in [2.45, 2.75) is 38.8 Å². The van der Waals surface area contributed by atoms with Gasteiger partial charge in [0.1, 0.15) is 0 Å². The Labute approximate surface area is 196 Å². The second-order valence-corrected chi connectivity index (χ2v) is 7.92. The maximum atomic E-state index is 13.2. The van der Waals surface area contributed by atoms with Gasteiger partial charge < -0.3 is 19.9 Å². The predicted octanol–water partition coefficient (Wildman–Crippen LogP) is 4.13. The molecule has 2 heterocycles. The zero-order valence-electron chi connectivity index (χ0n) is 19.0. The number of rotatable bonds is 8. The normalized spacial score (nSPS) is 14.1. The van der Waals surface area contributed by atoms with Crippen molar-refractivity contribution in [3.63, 3.8) is 0 Å². The van der Waals surface area contributed by atoms with Crippen molar-refractivity contribution < 1.29 is 27.5 Å². The molecule has 1 aliphatic heterocycles. The number of carbonyl (C=O) groups is 2. The number of amides is 2. The molecule has 8 nitrogen and oxygen atoms in total. The SMILES string of the molecule is CCCCCCNC(=O)Oc1ncc(N2CCN(C(=O)c3ccccc3C(F)(F)F)CC2)cn1. The van der Waals surface area contributed by atoms with Crippen molar-refractivity contribution in [3.8, 4) is 6.01 Å². The van der Waals surface area contributed by atoms with Gasteiger partial charge in [0, 0.05) is 32.7 Å². The molecule has 1 aromatic carbocycles. The number of halogens is 3. The van der Waals surface area contributed by atoms with Crippen LogP contribution in [0.3, 0.4) is 0 Å². The summed E-state index contributed by atoms with van der Waals surface area (Å²) in [7, 11) is 0. The van der Waals surface area contributed by atoms with Crippen molar-refractivity contribution in [1.29, 1.82) is 0 Å². The molecule has 1 fully saturated rings. The van der Waals surface area contributed by atoms with E-state index >= 15 is 0 Å². The number of carbonyl (C=O) groups excluding carboxylic acids is 2. The molecule has 0 unspecified atom stereocenters. The quantitative estimate of drug-likeness (QED) is 0.573. The Kier molecular flexibility index (Phi) is 8.67. The van der Waals surface area contributed by atoms with E-state index in [0.717, 1.165) is 31.7 Å². The number of unbranched alkanes of at least 4 members (excludes halogenated alkanes) is 3. The van der Waals surface area contributed by atoms with Crippen molar-refractivity contribution >= 4 is 17.7 Å². The number of hydrogen-bond donors (Lipinski definition) is 1. The molecule has 34 heavy (non-hydrogen) atoms. The fourth-order valence-corrected chi connectivity index (χ4v) is 3.64. The van der Waals surface area contributed by atoms with Gasteiger partial charge in [-0.15, -0.1) is 0 Å². The summed E-state index contributed by atoms with van der Waals surface area (Å²) in [6, 6.07) is 4.73. The van der Waals surface area contributed by atoms with Crippen LogP contribution in [0.15, 0.2) is 36.7 Å². The minimum atomic E-state index is -4.60. The minimum absolute atomic E-state index is 0.0765. The molecule has 0 saturated carbocycles. The first-order valence-electron chi connectivity index (χ1n) is 11.3. The Hall–Kier alpha value is -3.37. The van der Waals surface area contributed by atoms with Gasteiger partial charge in [0.05, 0.1) is 29.2 Å². The number of hydrogen-bond acceptors (Lipinski definition) is 6. The van der Waals surface area contributed by atoms with Gasteiger partial charge in [0.2, 0.25) is 0 Å². The summed E-state index contributed by atoms with van der Waals surface area (Å²) in [6.45, 7) is 3.95. The smallest absolute Gasteiger partial charge is 0.374 e. The van der Waals surface area contributed by atoms with Crippen LogP contribution in [0.5, 0.6) is 6.01 Å². The van der Waals surface area contributed by atoms with Crippen LogP contribution < -0.4 is 15.0 Å². The van der Waals surface area contributed by atoms with E-state index in [2.05, 4.69) is 22.2 Å². The van der Waals surface area contributed by atoms with Gasteiger partial charge in [0.15, 0.2) is 0 Å². The fourth-order valence-electron chi connectivity index (χ4n) is 3.64. The third-order valence-electron chi connectivity index (χ3n) is 5.49. The van der Waals surface area contributed by atoms with Crippen LogP contribution in [0.1, 0.15) is 48.5 Å². The van der Waals surface area contributed by atoms with Crippen molar-refractivity contribution in [2.75, 3.05) is 37.6 Å². The second kappa shape index (κ2) is 11.7. The third-order valence-corrected chi connectivity index (χ3v) is 5.49. The minimum Gasteiger partial charge on any atom is -0.374 e. The van der Waals surface area contributed by atoms with Crippen molar-refractivity contribution in [2.24, 2.45) is 0 Å². The maximum absolute atomic E-state index is 13.2. The molecule has 0 radical (unpaired) electrons. The van der Waals surface area contributed by atoms with Crippen molar-refractivity contribution in [1.82, 2.24) is 20.2 Å². The molecule has 0 aliphatic carbocycles. The summed E-state index contributed by atoms with van der Waals surface area (Å²) < 4.78 is 44.8. The zero-order valence-corrected chi connectivity index (χ0v) is 19.0. The Balaban J connectivity index is 1.50. The predicted molar refractivity (Wildman–Crippen MR) is 120 cm³/mol. The summed E-state index contributed by atoms with van der Waals surface area (Å²) in [4.78, 5) is 35.9. The molecule has 184 valence electrons. The van der Waals surface area contributed by atoms with Gasteiger partial charge in [-0.2, -0.15) is 13.2 Å². The van der Waals surface area contributed by atoms with E-state index in [-0.39, 0.29) is 24.7 Å². The van der Waals surface area contributed by atoms with Crippen molar-refractivity contribution in [3.05, 3.63) is 47.8 Å². The van der Waals surface area contributed by atoms with Crippen LogP contribution in [0.2, 0.25) is 0 Å². The average molecular weight is 480 g/mol. The molecule has 3 rings (SSSR count). The Morgan fingerprint density at radius 2 is 1.71 bits per heavy atom. The largest absolute Gasteiger partial charge is 0.417 e. The van der Waals surface area contributed by atoms with E-state index in [1.165, 1.54) is 35.5 Å². The summed E-state index contributed by atoms with van der Waals surface area (Å²) >= 11 is 0. The maximum Gasteiger partial charge on any atom is 0.417 e. The highest BCUT2D eigenvalue weighted by atomic mass is 19.4. The number of alkyl halides is 3. The first kappa shape index (κ1) is 25.3.